The molecule has 4 rings (SSSR count). The van der Waals surface area contributed by atoms with Crippen molar-refractivity contribution in [2.75, 3.05) is 11.7 Å². The smallest absolute Gasteiger partial charge is 0.315 e. The van der Waals surface area contributed by atoms with Crippen molar-refractivity contribution in [3.63, 3.8) is 0 Å². The molecular weight excluding hydrogens is 480 g/mol. The Labute approximate surface area is 214 Å². The first-order chi connectivity index (χ1) is 17.3. The second-order valence-corrected chi connectivity index (χ2v) is 9.14. The molecule has 1 aliphatic rings. The summed E-state index contributed by atoms with van der Waals surface area (Å²) in [7, 11) is 0. The number of nitriles is 1. The van der Waals surface area contributed by atoms with E-state index in [0.717, 1.165) is 5.56 Å². The van der Waals surface area contributed by atoms with Crippen molar-refractivity contribution >= 4 is 34.9 Å². The van der Waals surface area contributed by atoms with E-state index in [9.17, 15) is 14.9 Å². The number of rotatable bonds is 7. The zero-order valence-electron chi connectivity index (χ0n) is 20.1. The van der Waals surface area contributed by atoms with Gasteiger partial charge in [0.25, 0.3) is 0 Å². The third-order valence-electron chi connectivity index (χ3n) is 5.86. The number of amides is 1. The molecule has 0 saturated carbocycles. The average Bonchev–Trinajstić information content (AvgIpc) is 3.32. The number of carbonyl (C=O) groups is 2. The summed E-state index contributed by atoms with van der Waals surface area (Å²) in [6.45, 7) is 5.40. The number of hydrogen-bond acceptors (Lipinski definition) is 6. The van der Waals surface area contributed by atoms with Crippen molar-refractivity contribution < 1.29 is 23.8 Å². The first kappa shape index (κ1) is 25.1. The van der Waals surface area contributed by atoms with Gasteiger partial charge in [0.05, 0.1) is 5.92 Å². The summed E-state index contributed by atoms with van der Waals surface area (Å²) in [5.41, 5.74) is 2.33. The highest BCUT2D eigenvalue weighted by Crippen LogP contribution is 2.38. The highest BCUT2D eigenvalue weighted by Gasteiger charge is 2.30. The fourth-order valence-electron chi connectivity index (χ4n) is 4.19. The lowest BCUT2D eigenvalue weighted by Crippen LogP contribution is -2.24. The van der Waals surface area contributed by atoms with Gasteiger partial charge in [-0.15, -0.1) is 0 Å². The van der Waals surface area contributed by atoms with Gasteiger partial charge < -0.3 is 14.2 Å². The predicted octanol–water partition coefficient (Wildman–Crippen LogP) is 6.30. The zero-order chi connectivity index (χ0) is 25.8. The number of hydrogen-bond donors (Lipinski definition) is 0. The van der Waals surface area contributed by atoms with Crippen LogP contribution in [0.15, 0.2) is 66.7 Å². The van der Waals surface area contributed by atoms with Crippen molar-refractivity contribution in [2.24, 2.45) is 5.92 Å². The van der Waals surface area contributed by atoms with Crippen LogP contribution in [-0.2, 0) is 14.3 Å². The number of ether oxygens (including phenoxy) is 3. The first-order valence-electron chi connectivity index (χ1n) is 11.4. The van der Waals surface area contributed by atoms with Crippen LogP contribution in [0.3, 0.4) is 0 Å². The van der Waals surface area contributed by atoms with E-state index in [1.807, 2.05) is 13.8 Å². The summed E-state index contributed by atoms with van der Waals surface area (Å²) in [5, 5.41) is 10.4. The van der Waals surface area contributed by atoms with Gasteiger partial charge >= 0.3 is 5.97 Å². The Bertz CT molecular complexity index is 1320. The van der Waals surface area contributed by atoms with Gasteiger partial charge in [0.15, 0.2) is 11.5 Å². The Morgan fingerprint density at radius 3 is 2.36 bits per heavy atom. The maximum Gasteiger partial charge on any atom is 0.315 e. The van der Waals surface area contributed by atoms with Crippen LogP contribution in [0.2, 0.25) is 5.02 Å². The predicted molar refractivity (Wildman–Crippen MR) is 135 cm³/mol. The van der Waals surface area contributed by atoms with Crippen LogP contribution in [0.25, 0.3) is 0 Å². The molecule has 0 N–H and O–H groups in total. The number of carbonyl (C=O) groups excluding carboxylic acids is 2. The maximum absolute atomic E-state index is 13.3. The van der Waals surface area contributed by atoms with Crippen LogP contribution < -0.4 is 14.4 Å². The maximum atomic E-state index is 13.3. The van der Waals surface area contributed by atoms with Crippen molar-refractivity contribution in [3.8, 4) is 17.6 Å². The molecule has 0 aliphatic carbocycles. The Morgan fingerprint density at radius 1 is 0.972 bits per heavy atom. The number of halogens is 1. The third-order valence-corrected chi connectivity index (χ3v) is 6.11. The van der Waals surface area contributed by atoms with Crippen LogP contribution >= 0.6 is 11.6 Å². The quantitative estimate of drug-likeness (QED) is 0.351. The van der Waals surface area contributed by atoms with Crippen LogP contribution in [0.1, 0.15) is 43.9 Å². The molecule has 1 aliphatic heterocycles. The molecule has 1 amide bonds. The van der Waals surface area contributed by atoms with E-state index in [0.29, 0.717) is 33.5 Å². The molecule has 0 bridgehead atoms. The van der Waals surface area contributed by atoms with Crippen LogP contribution in [0, 0.1) is 17.2 Å². The van der Waals surface area contributed by atoms with Gasteiger partial charge in [-0.3, -0.25) is 14.5 Å². The highest BCUT2D eigenvalue weighted by molar-refractivity contribution is 6.30. The van der Waals surface area contributed by atoms with E-state index in [1.165, 1.54) is 11.8 Å². The zero-order valence-corrected chi connectivity index (χ0v) is 20.9. The largest absolute Gasteiger partial charge is 0.454 e. The Balaban J connectivity index is 1.60. The Morgan fingerprint density at radius 2 is 1.69 bits per heavy atom. The minimum atomic E-state index is -1.16. The summed E-state index contributed by atoms with van der Waals surface area (Å²) < 4.78 is 16.5. The van der Waals surface area contributed by atoms with Crippen molar-refractivity contribution in [1.82, 2.24) is 0 Å². The molecule has 7 nitrogen and oxygen atoms in total. The lowest BCUT2D eigenvalue weighted by molar-refractivity contribution is -0.150. The van der Waals surface area contributed by atoms with Gasteiger partial charge in [-0.1, -0.05) is 43.6 Å². The second kappa shape index (κ2) is 10.7. The minimum absolute atomic E-state index is 0.0957. The summed E-state index contributed by atoms with van der Waals surface area (Å²) in [6, 6.07) is 21.1. The molecule has 0 aromatic heterocycles. The van der Waals surface area contributed by atoms with Gasteiger partial charge in [0.1, 0.15) is 6.07 Å². The van der Waals surface area contributed by atoms with Gasteiger partial charge in [0.2, 0.25) is 18.8 Å². The standard InChI is InChI=1S/C28H25ClN2O5/c1-17(2)27(20-7-12-24-25(14-20)35-16-34-24)28(33)36-26(15-30)19-5-4-6-23(13-19)31(18(3)32)22-10-8-21(29)9-11-22/h4-14,17,26-27H,16H2,1-3H3. The Hall–Kier alpha value is -4.02. The van der Waals surface area contributed by atoms with Crippen LogP contribution in [0.4, 0.5) is 11.4 Å². The highest BCUT2D eigenvalue weighted by atomic mass is 35.5. The molecule has 0 radical (unpaired) electrons. The average molecular weight is 505 g/mol. The molecule has 2 unspecified atom stereocenters. The molecular formula is C28H25ClN2O5. The molecule has 3 aromatic carbocycles. The fraction of sp³-hybridized carbons (Fsp3) is 0.250. The van der Waals surface area contributed by atoms with Crippen LogP contribution in [0.5, 0.6) is 11.5 Å². The monoisotopic (exact) mass is 504 g/mol. The number of anilines is 2. The summed E-state index contributed by atoms with van der Waals surface area (Å²) in [5.74, 6) is -0.258. The summed E-state index contributed by atoms with van der Waals surface area (Å²) in [4.78, 5) is 27.3. The topological polar surface area (TPSA) is 88.9 Å². The SMILES string of the molecule is CC(=O)N(c1ccc(Cl)cc1)c1cccc(C(C#N)OC(=O)C(c2ccc3c(c2)OCO3)C(C)C)c1. The number of esters is 1. The minimum Gasteiger partial charge on any atom is -0.454 e. The molecule has 0 fully saturated rings. The van der Waals surface area contributed by atoms with Gasteiger partial charge in [-0.05, 0) is 60.0 Å². The lowest BCUT2D eigenvalue weighted by Gasteiger charge is -2.24. The number of nitrogens with zero attached hydrogens (tertiary/aromatic N) is 2. The van der Waals surface area contributed by atoms with Crippen molar-refractivity contribution in [1.29, 1.82) is 5.26 Å². The van der Waals surface area contributed by atoms with E-state index in [1.54, 1.807) is 66.7 Å². The van der Waals surface area contributed by atoms with E-state index in [4.69, 9.17) is 25.8 Å². The molecule has 0 saturated heterocycles. The van der Waals surface area contributed by atoms with Crippen LogP contribution in [-0.4, -0.2) is 18.7 Å². The molecule has 1 heterocycles. The molecule has 0 spiro atoms. The van der Waals surface area contributed by atoms with E-state index < -0.39 is 18.0 Å². The Kier molecular flexibility index (Phi) is 7.47. The van der Waals surface area contributed by atoms with Gasteiger partial charge in [0, 0.05) is 28.9 Å². The number of benzene rings is 3. The summed E-state index contributed by atoms with van der Waals surface area (Å²) >= 11 is 5.99. The molecule has 36 heavy (non-hydrogen) atoms. The molecule has 2 atom stereocenters. The van der Waals surface area contributed by atoms with E-state index in [2.05, 4.69) is 6.07 Å². The lowest BCUT2D eigenvalue weighted by atomic mass is 9.88. The van der Waals surface area contributed by atoms with E-state index >= 15 is 0 Å². The molecule has 3 aromatic rings. The number of fused-ring (bicyclic) bond motifs is 1. The van der Waals surface area contributed by atoms with Gasteiger partial charge in [-0.2, -0.15) is 5.26 Å². The third kappa shape index (κ3) is 5.29. The van der Waals surface area contributed by atoms with Gasteiger partial charge in [-0.25, -0.2) is 0 Å². The van der Waals surface area contributed by atoms with Crippen molar-refractivity contribution in [2.45, 2.75) is 32.8 Å². The summed E-state index contributed by atoms with van der Waals surface area (Å²) in [6.07, 6.45) is -1.16. The second-order valence-electron chi connectivity index (χ2n) is 8.71. The molecule has 184 valence electrons. The van der Waals surface area contributed by atoms with E-state index in [-0.39, 0.29) is 18.6 Å². The van der Waals surface area contributed by atoms with Crippen molar-refractivity contribution in [3.05, 3.63) is 82.9 Å². The normalized spacial score (nSPS) is 13.6. The first-order valence-corrected chi connectivity index (χ1v) is 11.8. The molecule has 8 heteroatoms. The fourth-order valence-corrected chi connectivity index (χ4v) is 4.31.